The number of benzene rings is 1. The van der Waals surface area contributed by atoms with Crippen LogP contribution in [0.4, 0.5) is 10.3 Å². The fourth-order valence-corrected chi connectivity index (χ4v) is 3.33. The Balaban J connectivity index is 1.76. The fourth-order valence-electron chi connectivity index (χ4n) is 2.91. The lowest BCUT2D eigenvalue weighted by molar-refractivity contribution is 0.278. The summed E-state index contributed by atoms with van der Waals surface area (Å²) >= 11 is 3.23. The zero-order valence-electron chi connectivity index (χ0n) is 13.8. The summed E-state index contributed by atoms with van der Waals surface area (Å²) < 4.78 is 13.8. The molecule has 0 radical (unpaired) electrons. The standard InChI is InChI=1S/C17H20BrFN4O/c1-22(2)17-20-15-6-8-23(7-5-12(15)16(24)21-17)10-11-3-4-14(19)13(18)9-11/h3-4,9H,5-8,10H2,1-2H3,(H,20,21,24). The van der Waals surface area contributed by atoms with Gasteiger partial charge in [-0.1, -0.05) is 6.07 Å². The number of aromatic amines is 1. The maximum atomic E-state index is 13.4. The van der Waals surface area contributed by atoms with Gasteiger partial charge < -0.3 is 4.90 Å². The van der Waals surface area contributed by atoms with Crippen LogP contribution in [0.1, 0.15) is 16.8 Å². The van der Waals surface area contributed by atoms with Crippen molar-refractivity contribution in [1.29, 1.82) is 0 Å². The van der Waals surface area contributed by atoms with E-state index in [0.717, 1.165) is 42.9 Å². The second-order valence-corrected chi connectivity index (χ2v) is 7.09. The third-order valence-electron chi connectivity index (χ3n) is 4.25. The quantitative estimate of drug-likeness (QED) is 0.867. The second-order valence-electron chi connectivity index (χ2n) is 6.23. The van der Waals surface area contributed by atoms with Gasteiger partial charge in [0, 0.05) is 45.7 Å². The molecule has 0 bridgehead atoms. The summed E-state index contributed by atoms with van der Waals surface area (Å²) in [5.74, 6) is 0.337. The van der Waals surface area contributed by atoms with E-state index in [0.29, 0.717) is 16.8 Å². The zero-order valence-corrected chi connectivity index (χ0v) is 15.4. The van der Waals surface area contributed by atoms with Crippen LogP contribution < -0.4 is 10.5 Å². The topological polar surface area (TPSA) is 52.2 Å². The first-order valence-electron chi connectivity index (χ1n) is 7.89. The molecule has 3 rings (SSSR count). The Kier molecular flexibility index (Phi) is 5.01. The first-order valence-corrected chi connectivity index (χ1v) is 8.69. The summed E-state index contributed by atoms with van der Waals surface area (Å²) in [7, 11) is 3.72. The molecule has 0 saturated heterocycles. The number of halogens is 2. The Bertz CT molecular complexity index is 806. The Morgan fingerprint density at radius 2 is 2.08 bits per heavy atom. The van der Waals surface area contributed by atoms with Crippen molar-refractivity contribution in [3.05, 3.63) is 55.7 Å². The van der Waals surface area contributed by atoms with Crippen molar-refractivity contribution < 1.29 is 4.39 Å². The van der Waals surface area contributed by atoms with Crippen molar-refractivity contribution in [1.82, 2.24) is 14.9 Å². The van der Waals surface area contributed by atoms with Crippen LogP contribution in [0.3, 0.4) is 0 Å². The molecule has 1 aliphatic rings. The molecule has 5 nitrogen and oxygen atoms in total. The normalized spacial score (nSPS) is 15.0. The largest absolute Gasteiger partial charge is 0.348 e. The number of hydrogen-bond donors (Lipinski definition) is 1. The molecule has 1 aliphatic heterocycles. The lowest BCUT2D eigenvalue weighted by Gasteiger charge is -2.19. The maximum Gasteiger partial charge on any atom is 0.255 e. The minimum atomic E-state index is -0.256. The van der Waals surface area contributed by atoms with Crippen LogP contribution in [0.5, 0.6) is 0 Å². The van der Waals surface area contributed by atoms with Gasteiger partial charge in [-0.3, -0.25) is 14.7 Å². The summed E-state index contributed by atoms with van der Waals surface area (Å²) in [6.07, 6.45) is 1.41. The van der Waals surface area contributed by atoms with E-state index in [9.17, 15) is 9.18 Å². The smallest absolute Gasteiger partial charge is 0.255 e. The van der Waals surface area contributed by atoms with Crippen molar-refractivity contribution in [3.8, 4) is 0 Å². The molecule has 1 aromatic heterocycles. The number of nitrogens with zero attached hydrogens (tertiary/aromatic N) is 3. The van der Waals surface area contributed by atoms with Crippen LogP contribution in [0.2, 0.25) is 0 Å². The fraction of sp³-hybridized carbons (Fsp3) is 0.412. The Hall–Kier alpha value is -1.73. The average Bonchev–Trinajstić information content (AvgIpc) is 2.74. The van der Waals surface area contributed by atoms with Gasteiger partial charge in [-0.05, 0) is 40.0 Å². The highest BCUT2D eigenvalue weighted by atomic mass is 79.9. The first kappa shape index (κ1) is 17.1. The predicted octanol–water partition coefficient (Wildman–Crippen LogP) is 2.34. The molecular weight excluding hydrogens is 375 g/mol. The van der Waals surface area contributed by atoms with Crippen molar-refractivity contribution in [3.63, 3.8) is 0 Å². The molecule has 0 unspecified atom stereocenters. The Morgan fingerprint density at radius 1 is 1.33 bits per heavy atom. The number of rotatable bonds is 3. The third-order valence-corrected chi connectivity index (χ3v) is 4.85. The molecule has 1 N–H and O–H groups in total. The molecule has 128 valence electrons. The molecule has 2 heterocycles. The van der Waals surface area contributed by atoms with Crippen molar-refractivity contribution in [2.45, 2.75) is 19.4 Å². The molecule has 2 aromatic rings. The van der Waals surface area contributed by atoms with E-state index < -0.39 is 0 Å². The monoisotopic (exact) mass is 394 g/mol. The molecule has 0 fully saturated rings. The first-order chi connectivity index (χ1) is 11.4. The minimum absolute atomic E-state index is 0.0462. The number of aromatic nitrogens is 2. The van der Waals surface area contributed by atoms with Gasteiger partial charge in [0.25, 0.3) is 5.56 Å². The highest BCUT2D eigenvalue weighted by molar-refractivity contribution is 9.10. The van der Waals surface area contributed by atoms with E-state index in [2.05, 4.69) is 30.8 Å². The van der Waals surface area contributed by atoms with Crippen LogP contribution in [0.25, 0.3) is 0 Å². The lowest BCUT2D eigenvalue weighted by atomic mass is 10.1. The van der Waals surface area contributed by atoms with Crippen LogP contribution in [0, 0.1) is 5.82 Å². The van der Waals surface area contributed by atoms with E-state index in [1.54, 1.807) is 11.0 Å². The summed E-state index contributed by atoms with van der Waals surface area (Å²) in [4.78, 5) is 23.8. The highest BCUT2D eigenvalue weighted by Gasteiger charge is 2.19. The minimum Gasteiger partial charge on any atom is -0.348 e. The molecule has 0 amide bonds. The van der Waals surface area contributed by atoms with Crippen LogP contribution in [-0.2, 0) is 19.4 Å². The molecular formula is C17H20BrFN4O. The van der Waals surface area contributed by atoms with Crippen LogP contribution >= 0.6 is 15.9 Å². The summed E-state index contributed by atoms with van der Waals surface area (Å²) in [6.45, 7) is 2.34. The second kappa shape index (κ2) is 7.03. The van der Waals surface area contributed by atoms with Gasteiger partial charge in [-0.25, -0.2) is 9.37 Å². The number of hydrogen-bond acceptors (Lipinski definition) is 4. The van der Waals surface area contributed by atoms with Gasteiger partial charge >= 0.3 is 0 Å². The Morgan fingerprint density at radius 3 is 2.79 bits per heavy atom. The lowest BCUT2D eigenvalue weighted by Crippen LogP contribution is -2.26. The zero-order chi connectivity index (χ0) is 17.3. The number of nitrogens with one attached hydrogen (secondary N) is 1. The van der Waals surface area contributed by atoms with E-state index >= 15 is 0 Å². The highest BCUT2D eigenvalue weighted by Crippen LogP contribution is 2.19. The van der Waals surface area contributed by atoms with E-state index in [1.165, 1.54) is 6.07 Å². The van der Waals surface area contributed by atoms with Gasteiger partial charge in [-0.15, -0.1) is 0 Å². The van der Waals surface area contributed by atoms with E-state index in [4.69, 9.17) is 0 Å². The van der Waals surface area contributed by atoms with Gasteiger partial charge in [0.05, 0.1) is 10.2 Å². The number of H-pyrrole nitrogens is 1. The summed E-state index contributed by atoms with van der Waals surface area (Å²) in [5.41, 5.74) is 2.66. The van der Waals surface area contributed by atoms with Crippen molar-refractivity contribution in [2.24, 2.45) is 0 Å². The van der Waals surface area contributed by atoms with Crippen molar-refractivity contribution >= 4 is 21.9 Å². The van der Waals surface area contributed by atoms with Gasteiger partial charge in [0.1, 0.15) is 5.82 Å². The Labute approximate surface area is 148 Å². The van der Waals surface area contributed by atoms with E-state index in [1.807, 2.05) is 20.2 Å². The molecule has 0 aliphatic carbocycles. The average molecular weight is 395 g/mol. The molecule has 24 heavy (non-hydrogen) atoms. The molecule has 7 heteroatoms. The van der Waals surface area contributed by atoms with Crippen LogP contribution in [0.15, 0.2) is 27.5 Å². The van der Waals surface area contributed by atoms with Crippen molar-refractivity contribution in [2.75, 3.05) is 32.1 Å². The molecule has 0 spiro atoms. The van der Waals surface area contributed by atoms with Gasteiger partial charge in [-0.2, -0.15) is 0 Å². The summed E-state index contributed by atoms with van der Waals surface area (Å²) in [6, 6.07) is 5.08. The van der Waals surface area contributed by atoms with Gasteiger partial charge in [0.15, 0.2) is 0 Å². The molecule has 0 atom stereocenters. The molecule has 1 aromatic carbocycles. The number of anilines is 1. The molecule has 0 saturated carbocycles. The third kappa shape index (κ3) is 3.67. The number of fused-ring (bicyclic) bond motifs is 1. The van der Waals surface area contributed by atoms with Gasteiger partial charge in [0.2, 0.25) is 5.95 Å². The summed E-state index contributed by atoms with van der Waals surface area (Å²) in [5, 5.41) is 0. The SMILES string of the molecule is CN(C)c1nc2c(c(=O)[nH]1)CCN(Cc1ccc(F)c(Br)c1)CC2. The maximum absolute atomic E-state index is 13.4. The van der Waals surface area contributed by atoms with Crippen LogP contribution in [-0.4, -0.2) is 42.1 Å². The van der Waals surface area contributed by atoms with E-state index in [-0.39, 0.29) is 11.4 Å². The predicted molar refractivity (Wildman–Crippen MR) is 96.0 cm³/mol.